The lowest BCUT2D eigenvalue weighted by atomic mass is 10.3. The third-order valence-corrected chi connectivity index (χ3v) is 3.10. The summed E-state index contributed by atoms with van der Waals surface area (Å²) in [5.41, 5.74) is -0.0199. The van der Waals surface area contributed by atoms with E-state index in [0.29, 0.717) is 11.5 Å². The summed E-state index contributed by atoms with van der Waals surface area (Å²) in [5.74, 6) is -2.79. The molecule has 0 aliphatic rings. The van der Waals surface area contributed by atoms with Gasteiger partial charge in [-0.2, -0.15) is 0 Å². The van der Waals surface area contributed by atoms with Gasteiger partial charge in [0.15, 0.2) is 11.6 Å². The summed E-state index contributed by atoms with van der Waals surface area (Å²) in [6, 6.07) is 9.65. The molecule has 0 bridgehead atoms. The highest BCUT2D eigenvalue weighted by atomic mass is 19.2. The molecule has 0 atom stereocenters. The number of ether oxygens (including phenoxy) is 2. The lowest BCUT2D eigenvalue weighted by Gasteiger charge is -2.09. The summed E-state index contributed by atoms with van der Waals surface area (Å²) in [5, 5.41) is 4.52. The van der Waals surface area contributed by atoms with Crippen molar-refractivity contribution in [3.8, 4) is 11.5 Å². The fourth-order valence-electron chi connectivity index (χ4n) is 1.85. The predicted octanol–water partition coefficient (Wildman–Crippen LogP) is 2.11. The van der Waals surface area contributed by atoms with Gasteiger partial charge in [0, 0.05) is 11.8 Å². The number of halogens is 2. The van der Waals surface area contributed by atoms with Gasteiger partial charge in [-0.3, -0.25) is 9.59 Å². The van der Waals surface area contributed by atoms with Gasteiger partial charge in [0.2, 0.25) is 0 Å². The zero-order valence-corrected chi connectivity index (χ0v) is 13.3. The SMILES string of the molecule is COc1ccc(OCCNC(=O)C(=O)Nc2ccc(F)c(F)c2)cc1. The predicted molar refractivity (Wildman–Crippen MR) is 86.5 cm³/mol. The van der Waals surface area contributed by atoms with Gasteiger partial charge in [-0.15, -0.1) is 0 Å². The zero-order valence-electron chi connectivity index (χ0n) is 13.3. The second-order valence-corrected chi connectivity index (χ2v) is 4.86. The van der Waals surface area contributed by atoms with Gasteiger partial charge in [-0.05, 0) is 36.4 Å². The normalized spacial score (nSPS) is 10.0. The Hall–Kier alpha value is -3.16. The molecular formula is C17H16F2N2O4. The molecular weight excluding hydrogens is 334 g/mol. The summed E-state index contributed by atoms with van der Waals surface area (Å²) in [6.45, 7) is 0.243. The van der Waals surface area contributed by atoms with Crippen LogP contribution in [0.1, 0.15) is 0 Å². The number of benzene rings is 2. The molecule has 8 heteroatoms. The van der Waals surface area contributed by atoms with Crippen LogP contribution in [0.15, 0.2) is 42.5 Å². The van der Waals surface area contributed by atoms with Crippen molar-refractivity contribution in [2.75, 3.05) is 25.6 Å². The molecule has 2 rings (SSSR count). The first kappa shape index (κ1) is 18.2. The Labute approximate surface area is 142 Å². The molecule has 0 radical (unpaired) electrons. The van der Waals surface area contributed by atoms with Crippen LogP contribution < -0.4 is 20.1 Å². The van der Waals surface area contributed by atoms with Crippen LogP contribution in [0.2, 0.25) is 0 Å². The Kier molecular flexibility index (Phi) is 6.27. The van der Waals surface area contributed by atoms with E-state index < -0.39 is 23.4 Å². The second kappa shape index (κ2) is 8.62. The van der Waals surface area contributed by atoms with Gasteiger partial charge in [0.1, 0.15) is 18.1 Å². The van der Waals surface area contributed by atoms with Crippen LogP contribution in [0.4, 0.5) is 14.5 Å². The van der Waals surface area contributed by atoms with E-state index in [2.05, 4.69) is 10.6 Å². The quantitative estimate of drug-likeness (QED) is 0.618. The lowest BCUT2D eigenvalue weighted by Crippen LogP contribution is -2.37. The molecule has 2 amide bonds. The van der Waals surface area contributed by atoms with Gasteiger partial charge >= 0.3 is 11.8 Å². The monoisotopic (exact) mass is 350 g/mol. The Morgan fingerprint density at radius 3 is 2.28 bits per heavy atom. The van der Waals surface area contributed by atoms with E-state index in [9.17, 15) is 18.4 Å². The number of amides is 2. The van der Waals surface area contributed by atoms with Gasteiger partial charge < -0.3 is 20.1 Å². The molecule has 2 N–H and O–H groups in total. The fourth-order valence-corrected chi connectivity index (χ4v) is 1.85. The van der Waals surface area contributed by atoms with Gasteiger partial charge in [0.25, 0.3) is 0 Å². The number of anilines is 1. The molecule has 2 aromatic rings. The second-order valence-electron chi connectivity index (χ2n) is 4.86. The summed E-state index contributed by atoms with van der Waals surface area (Å²) in [7, 11) is 1.55. The smallest absolute Gasteiger partial charge is 0.313 e. The first-order chi connectivity index (χ1) is 12.0. The third-order valence-electron chi connectivity index (χ3n) is 3.10. The van der Waals surface area contributed by atoms with Gasteiger partial charge in [0.05, 0.1) is 13.7 Å². The van der Waals surface area contributed by atoms with Gasteiger partial charge in [-0.1, -0.05) is 0 Å². The number of methoxy groups -OCH3 is 1. The zero-order chi connectivity index (χ0) is 18.2. The van der Waals surface area contributed by atoms with E-state index in [1.807, 2.05) is 0 Å². The van der Waals surface area contributed by atoms with Crippen LogP contribution in [0, 0.1) is 11.6 Å². The minimum absolute atomic E-state index is 0.0199. The molecule has 0 saturated carbocycles. The number of carbonyl (C=O) groups excluding carboxylic acids is 2. The van der Waals surface area contributed by atoms with E-state index in [-0.39, 0.29) is 18.8 Å². The minimum Gasteiger partial charge on any atom is -0.497 e. The van der Waals surface area contributed by atoms with Crippen molar-refractivity contribution in [3.05, 3.63) is 54.1 Å². The van der Waals surface area contributed by atoms with Crippen molar-refractivity contribution in [2.24, 2.45) is 0 Å². The number of rotatable bonds is 6. The molecule has 0 aromatic heterocycles. The minimum atomic E-state index is -1.12. The third kappa shape index (κ3) is 5.45. The molecule has 6 nitrogen and oxygen atoms in total. The maximum Gasteiger partial charge on any atom is 0.313 e. The standard InChI is InChI=1S/C17H16F2N2O4/c1-24-12-3-5-13(6-4-12)25-9-8-20-16(22)17(23)21-11-2-7-14(18)15(19)10-11/h2-7,10H,8-9H2,1H3,(H,20,22)(H,21,23). The van der Waals surface area contributed by atoms with Crippen molar-refractivity contribution < 1.29 is 27.8 Å². The summed E-state index contributed by atoms with van der Waals surface area (Å²) >= 11 is 0. The molecule has 2 aromatic carbocycles. The Morgan fingerprint density at radius 2 is 1.64 bits per heavy atom. The highest BCUT2D eigenvalue weighted by Crippen LogP contribution is 2.16. The number of nitrogens with one attached hydrogen (secondary N) is 2. The Bertz CT molecular complexity index is 751. The summed E-state index contributed by atoms with van der Waals surface area (Å²) < 4.78 is 36.2. The van der Waals surface area contributed by atoms with E-state index in [1.54, 1.807) is 31.4 Å². The van der Waals surface area contributed by atoms with Crippen molar-refractivity contribution in [1.29, 1.82) is 0 Å². The summed E-state index contributed by atoms with van der Waals surface area (Å²) in [4.78, 5) is 23.3. The Balaban J connectivity index is 1.73. The van der Waals surface area contributed by atoms with Crippen LogP contribution >= 0.6 is 0 Å². The number of carbonyl (C=O) groups is 2. The lowest BCUT2D eigenvalue weighted by molar-refractivity contribution is -0.136. The maximum atomic E-state index is 13.0. The molecule has 0 spiro atoms. The number of hydrogen-bond donors (Lipinski definition) is 2. The first-order valence-corrected chi connectivity index (χ1v) is 7.30. The van der Waals surface area contributed by atoms with Crippen molar-refractivity contribution >= 4 is 17.5 Å². The molecule has 0 aliphatic heterocycles. The molecule has 0 heterocycles. The fraction of sp³-hybridized carbons (Fsp3) is 0.176. The van der Waals surface area contributed by atoms with Crippen molar-refractivity contribution in [3.63, 3.8) is 0 Å². The molecule has 0 aliphatic carbocycles. The first-order valence-electron chi connectivity index (χ1n) is 7.30. The van der Waals surface area contributed by atoms with E-state index in [4.69, 9.17) is 9.47 Å². The van der Waals surface area contributed by atoms with Crippen LogP contribution in [0.3, 0.4) is 0 Å². The molecule has 25 heavy (non-hydrogen) atoms. The van der Waals surface area contributed by atoms with Gasteiger partial charge in [-0.25, -0.2) is 8.78 Å². The maximum absolute atomic E-state index is 13.0. The Morgan fingerprint density at radius 1 is 0.960 bits per heavy atom. The number of hydrogen-bond acceptors (Lipinski definition) is 4. The molecule has 0 unspecified atom stereocenters. The molecule has 132 valence electrons. The van der Waals surface area contributed by atoms with Crippen LogP contribution in [0.5, 0.6) is 11.5 Å². The largest absolute Gasteiger partial charge is 0.497 e. The van der Waals surface area contributed by atoms with Crippen LogP contribution in [-0.2, 0) is 9.59 Å². The van der Waals surface area contributed by atoms with Crippen molar-refractivity contribution in [2.45, 2.75) is 0 Å². The summed E-state index contributed by atoms with van der Waals surface area (Å²) in [6.07, 6.45) is 0. The van der Waals surface area contributed by atoms with E-state index >= 15 is 0 Å². The highest BCUT2D eigenvalue weighted by molar-refractivity contribution is 6.39. The van der Waals surface area contributed by atoms with E-state index in [0.717, 1.165) is 18.2 Å². The topological polar surface area (TPSA) is 76.7 Å². The highest BCUT2D eigenvalue weighted by Gasteiger charge is 2.14. The van der Waals surface area contributed by atoms with Crippen LogP contribution in [0.25, 0.3) is 0 Å². The van der Waals surface area contributed by atoms with E-state index in [1.165, 1.54) is 0 Å². The molecule has 0 fully saturated rings. The average Bonchev–Trinajstić information content (AvgIpc) is 2.62. The van der Waals surface area contributed by atoms with Crippen molar-refractivity contribution in [1.82, 2.24) is 5.32 Å². The van der Waals surface area contributed by atoms with Crippen LogP contribution in [-0.4, -0.2) is 32.1 Å². The average molecular weight is 350 g/mol. The molecule has 0 saturated heterocycles.